The summed E-state index contributed by atoms with van der Waals surface area (Å²) in [5.74, 6) is -0.694. The van der Waals surface area contributed by atoms with Gasteiger partial charge in [0.1, 0.15) is 5.82 Å². The zero-order valence-electron chi connectivity index (χ0n) is 14.4. The van der Waals surface area contributed by atoms with E-state index < -0.39 is 11.6 Å². The molecule has 0 radical (unpaired) electrons. The van der Waals surface area contributed by atoms with Crippen molar-refractivity contribution in [2.45, 2.75) is 45.1 Å². The molecule has 4 nitrogen and oxygen atoms in total. The number of carbonyl (C=O) groups is 1. The first-order valence-corrected chi connectivity index (χ1v) is 8.82. The highest BCUT2D eigenvalue weighted by Crippen LogP contribution is 2.24. The third-order valence-electron chi connectivity index (χ3n) is 4.85. The fourth-order valence-electron chi connectivity index (χ4n) is 3.50. The monoisotopic (exact) mass is 347 g/mol. The number of piperidine rings is 1. The molecule has 1 atom stereocenters. The van der Waals surface area contributed by atoms with Gasteiger partial charge in [-0.1, -0.05) is 19.1 Å². The number of carbonyl (C=O) groups excluding carboxylic acids is 1. The van der Waals surface area contributed by atoms with Gasteiger partial charge in [-0.15, -0.1) is 0 Å². The lowest BCUT2D eigenvalue weighted by Crippen LogP contribution is -2.41. The zero-order chi connectivity index (χ0) is 17.8. The largest absolute Gasteiger partial charge is 0.341 e. The Bertz CT molecular complexity index is 744. The number of aryl methyl sites for hydroxylation is 2. The number of amides is 1. The molecule has 1 aliphatic heterocycles. The van der Waals surface area contributed by atoms with Crippen LogP contribution >= 0.6 is 0 Å². The molecule has 134 valence electrons. The van der Waals surface area contributed by atoms with Gasteiger partial charge in [0.15, 0.2) is 11.6 Å². The lowest BCUT2D eigenvalue weighted by Gasteiger charge is -2.34. The number of nitrogens with zero attached hydrogens (tertiary/aromatic N) is 3. The molecule has 0 N–H and O–H groups in total. The van der Waals surface area contributed by atoms with Crippen molar-refractivity contribution in [1.82, 2.24) is 14.5 Å². The smallest absolute Gasteiger partial charge is 0.222 e. The maximum atomic E-state index is 13.7. The van der Waals surface area contributed by atoms with E-state index in [1.54, 1.807) is 6.20 Å². The van der Waals surface area contributed by atoms with Crippen LogP contribution in [0.15, 0.2) is 30.6 Å². The first kappa shape index (κ1) is 17.6. The second kappa shape index (κ2) is 7.76. The molecule has 2 heterocycles. The second-order valence-electron chi connectivity index (χ2n) is 6.45. The molecular weight excluding hydrogens is 324 g/mol. The standard InChI is InChI=1S/C19H23F2N3O/c1-2-17-22-10-12-24(17)15-6-4-11-23(13-15)18(25)9-8-14-5-3-7-16(20)19(14)21/h3,5,7,10,12,15H,2,4,6,8-9,11,13H2,1H3. The predicted octanol–water partition coefficient (Wildman–Crippen LogP) is 3.52. The molecule has 1 aromatic carbocycles. The molecule has 3 rings (SSSR count). The van der Waals surface area contributed by atoms with Gasteiger partial charge in [0, 0.05) is 38.3 Å². The maximum Gasteiger partial charge on any atom is 0.222 e. The molecule has 1 aromatic heterocycles. The van der Waals surface area contributed by atoms with E-state index in [0.717, 1.165) is 37.7 Å². The molecular formula is C19H23F2N3O. The Morgan fingerprint density at radius 3 is 3.00 bits per heavy atom. The van der Waals surface area contributed by atoms with Crippen LogP contribution in [0.2, 0.25) is 0 Å². The van der Waals surface area contributed by atoms with Gasteiger partial charge < -0.3 is 9.47 Å². The Morgan fingerprint density at radius 2 is 2.20 bits per heavy atom. The zero-order valence-corrected chi connectivity index (χ0v) is 14.4. The summed E-state index contributed by atoms with van der Waals surface area (Å²) >= 11 is 0. The summed E-state index contributed by atoms with van der Waals surface area (Å²) in [6.07, 6.45) is 6.99. The number of imidazole rings is 1. The Morgan fingerprint density at radius 1 is 1.36 bits per heavy atom. The summed E-state index contributed by atoms with van der Waals surface area (Å²) in [4.78, 5) is 18.7. The van der Waals surface area contributed by atoms with Gasteiger partial charge in [0.05, 0.1) is 6.04 Å². The molecule has 1 unspecified atom stereocenters. The van der Waals surface area contributed by atoms with Crippen LogP contribution in [0.4, 0.5) is 8.78 Å². The SMILES string of the molecule is CCc1nccn1C1CCCN(C(=O)CCc2cccc(F)c2F)C1. The summed E-state index contributed by atoms with van der Waals surface area (Å²) in [5.41, 5.74) is 0.254. The lowest BCUT2D eigenvalue weighted by atomic mass is 10.0. The maximum absolute atomic E-state index is 13.7. The van der Waals surface area contributed by atoms with Crippen molar-refractivity contribution in [3.63, 3.8) is 0 Å². The molecule has 2 aromatic rings. The van der Waals surface area contributed by atoms with E-state index >= 15 is 0 Å². The minimum Gasteiger partial charge on any atom is -0.341 e. The summed E-state index contributed by atoms with van der Waals surface area (Å²) in [6, 6.07) is 4.33. The molecule has 6 heteroatoms. The number of halogens is 2. The van der Waals surface area contributed by atoms with E-state index in [2.05, 4.69) is 16.5 Å². The van der Waals surface area contributed by atoms with E-state index in [1.807, 2.05) is 11.1 Å². The van der Waals surface area contributed by atoms with E-state index in [-0.39, 0.29) is 30.4 Å². The molecule has 0 spiro atoms. The van der Waals surface area contributed by atoms with Gasteiger partial charge in [-0.2, -0.15) is 0 Å². The van der Waals surface area contributed by atoms with Crippen LogP contribution in [0.3, 0.4) is 0 Å². The van der Waals surface area contributed by atoms with Gasteiger partial charge in [-0.3, -0.25) is 4.79 Å². The van der Waals surface area contributed by atoms with E-state index in [1.165, 1.54) is 12.1 Å². The van der Waals surface area contributed by atoms with Crippen LogP contribution < -0.4 is 0 Å². The topological polar surface area (TPSA) is 38.1 Å². The van der Waals surface area contributed by atoms with Crippen LogP contribution in [0.1, 0.15) is 43.6 Å². The lowest BCUT2D eigenvalue weighted by molar-refractivity contribution is -0.132. The van der Waals surface area contributed by atoms with Crippen LogP contribution in [-0.2, 0) is 17.6 Å². The Kier molecular flexibility index (Phi) is 5.46. The van der Waals surface area contributed by atoms with Crippen LogP contribution in [0, 0.1) is 11.6 Å². The first-order chi connectivity index (χ1) is 12.1. The normalized spacial score (nSPS) is 17.7. The highest BCUT2D eigenvalue weighted by Gasteiger charge is 2.25. The molecule has 1 saturated heterocycles. The third kappa shape index (κ3) is 3.89. The fourth-order valence-corrected chi connectivity index (χ4v) is 3.50. The number of hydrogen-bond donors (Lipinski definition) is 0. The fraction of sp³-hybridized carbons (Fsp3) is 0.474. The van der Waals surface area contributed by atoms with Crippen LogP contribution in [-0.4, -0.2) is 33.4 Å². The Labute approximate surface area is 146 Å². The van der Waals surface area contributed by atoms with Crippen molar-refractivity contribution in [3.8, 4) is 0 Å². The molecule has 0 saturated carbocycles. The van der Waals surface area contributed by atoms with Crippen molar-refractivity contribution in [1.29, 1.82) is 0 Å². The molecule has 1 fully saturated rings. The summed E-state index contributed by atoms with van der Waals surface area (Å²) in [7, 11) is 0. The van der Waals surface area contributed by atoms with Gasteiger partial charge in [-0.25, -0.2) is 13.8 Å². The van der Waals surface area contributed by atoms with Gasteiger partial charge in [-0.05, 0) is 30.9 Å². The predicted molar refractivity (Wildman–Crippen MR) is 91.1 cm³/mol. The molecule has 25 heavy (non-hydrogen) atoms. The first-order valence-electron chi connectivity index (χ1n) is 8.82. The minimum atomic E-state index is -0.866. The summed E-state index contributed by atoms with van der Waals surface area (Å²) in [6.45, 7) is 3.43. The highest BCUT2D eigenvalue weighted by molar-refractivity contribution is 5.76. The van der Waals surface area contributed by atoms with Crippen LogP contribution in [0.25, 0.3) is 0 Å². The average Bonchev–Trinajstić information content (AvgIpc) is 3.11. The number of rotatable bonds is 5. The van der Waals surface area contributed by atoms with Crippen molar-refractivity contribution >= 4 is 5.91 Å². The Hall–Kier alpha value is -2.24. The molecule has 1 aliphatic rings. The number of aromatic nitrogens is 2. The Balaban J connectivity index is 1.61. The third-order valence-corrected chi connectivity index (χ3v) is 4.85. The highest BCUT2D eigenvalue weighted by atomic mass is 19.2. The quantitative estimate of drug-likeness (QED) is 0.830. The van der Waals surface area contributed by atoms with Gasteiger partial charge >= 0.3 is 0 Å². The number of hydrogen-bond acceptors (Lipinski definition) is 2. The van der Waals surface area contributed by atoms with Crippen molar-refractivity contribution in [2.75, 3.05) is 13.1 Å². The average molecular weight is 347 g/mol. The van der Waals surface area contributed by atoms with Crippen LogP contribution in [0.5, 0.6) is 0 Å². The van der Waals surface area contributed by atoms with E-state index in [0.29, 0.717) is 6.54 Å². The molecule has 0 bridgehead atoms. The second-order valence-corrected chi connectivity index (χ2v) is 6.45. The van der Waals surface area contributed by atoms with Gasteiger partial charge in [0.25, 0.3) is 0 Å². The van der Waals surface area contributed by atoms with E-state index in [9.17, 15) is 13.6 Å². The molecule has 1 amide bonds. The van der Waals surface area contributed by atoms with Crippen molar-refractivity contribution < 1.29 is 13.6 Å². The van der Waals surface area contributed by atoms with E-state index in [4.69, 9.17) is 0 Å². The minimum absolute atomic E-state index is 0.00785. The number of likely N-dealkylation sites (tertiary alicyclic amines) is 1. The van der Waals surface area contributed by atoms with Crippen molar-refractivity contribution in [2.24, 2.45) is 0 Å². The molecule has 0 aliphatic carbocycles. The van der Waals surface area contributed by atoms with Gasteiger partial charge in [0.2, 0.25) is 5.91 Å². The summed E-state index contributed by atoms with van der Waals surface area (Å²) in [5, 5.41) is 0. The summed E-state index contributed by atoms with van der Waals surface area (Å²) < 4.78 is 29.1. The number of benzene rings is 1. The van der Waals surface area contributed by atoms with Crippen molar-refractivity contribution in [3.05, 3.63) is 53.6 Å².